The lowest BCUT2D eigenvalue weighted by molar-refractivity contribution is -0.0851. The molecule has 51 heavy (non-hydrogen) atoms. The lowest BCUT2D eigenvalue weighted by Gasteiger charge is -2.55. The molecular formula is C47H79N3O. The van der Waals surface area contributed by atoms with E-state index in [4.69, 9.17) is 4.74 Å². The quantitative estimate of drug-likeness (QED) is 0.267. The minimum atomic E-state index is 0.468. The van der Waals surface area contributed by atoms with Crippen LogP contribution in [-0.2, 0) is 4.74 Å². The predicted molar refractivity (Wildman–Crippen MR) is 209 cm³/mol. The summed E-state index contributed by atoms with van der Waals surface area (Å²) in [4.78, 5) is 0. The maximum atomic E-state index is 7.66. The first-order valence-electron chi connectivity index (χ1n) is 24.2. The minimum Gasteiger partial charge on any atom is -0.374 e. The summed E-state index contributed by atoms with van der Waals surface area (Å²) in [5.41, 5.74) is 0. The van der Waals surface area contributed by atoms with Crippen molar-refractivity contribution in [2.75, 3.05) is 0 Å². The zero-order valence-corrected chi connectivity index (χ0v) is 32.8. The Morgan fingerprint density at radius 1 is 0.294 bits per heavy atom. The number of rotatable bonds is 5. The second kappa shape index (κ2) is 15.8. The van der Waals surface area contributed by atoms with Crippen LogP contribution in [0.15, 0.2) is 0 Å². The zero-order chi connectivity index (χ0) is 33.7. The van der Waals surface area contributed by atoms with Crippen molar-refractivity contribution < 1.29 is 4.74 Å². The summed E-state index contributed by atoms with van der Waals surface area (Å²) in [5, 5.41) is 13.2. The molecule has 288 valence electrons. The standard InChI is InChI=1S/C47H79N3O/c1-3-13-30(14-4-1)34-19-11-20-35(27-34)37-23-12-24-40-43-39-22-10-9-21-38(39)41(29-42(43)51-44(37)40)47-49-45(32-16-5-2-6-17-32)48-46(50-47)36-26-25-31-15-7-8-18-33(31)28-36/h30-50H,1-29H2. The summed E-state index contributed by atoms with van der Waals surface area (Å²) in [6, 6.07) is 0. The Bertz CT molecular complexity index is 1130. The number of hydrogen-bond acceptors (Lipinski definition) is 4. The van der Waals surface area contributed by atoms with Crippen LogP contribution in [0, 0.1) is 76.9 Å². The van der Waals surface area contributed by atoms with Crippen molar-refractivity contribution in [1.29, 1.82) is 0 Å². The van der Waals surface area contributed by atoms with Crippen LogP contribution in [-0.4, -0.2) is 30.7 Å². The molecule has 4 heteroatoms. The Morgan fingerprint density at radius 2 is 0.784 bits per heavy atom. The molecule has 16 unspecified atom stereocenters. The molecule has 10 rings (SSSR count). The first-order valence-corrected chi connectivity index (χ1v) is 24.2. The highest BCUT2D eigenvalue weighted by molar-refractivity contribution is 5.08. The number of fused-ring (bicyclic) bond motifs is 6. The van der Waals surface area contributed by atoms with Gasteiger partial charge in [0.1, 0.15) is 0 Å². The lowest BCUT2D eigenvalue weighted by atomic mass is 9.54. The maximum Gasteiger partial charge on any atom is 0.0641 e. The molecule has 0 aromatic carbocycles. The van der Waals surface area contributed by atoms with Crippen LogP contribution in [0.2, 0.25) is 0 Å². The molecule has 2 heterocycles. The van der Waals surface area contributed by atoms with Crippen molar-refractivity contribution in [2.24, 2.45) is 76.9 Å². The summed E-state index contributed by atoms with van der Waals surface area (Å²) < 4.78 is 7.66. The van der Waals surface area contributed by atoms with Gasteiger partial charge in [0, 0.05) is 0 Å². The van der Waals surface area contributed by atoms with Gasteiger partial charge < -0.3 is 4.74 Å². The topological polar surface area (TPSA) is 45.3 Å². The van der Waals surface area contributed by atoms with Crippen LogP contribution in [0.3, 0.4) is 0 Å². The van der Waals surface area contributed by atoms with E-state index in [0.29, 0.717) is 30.7 Å². The zero-order valence-electron chi connectivity index (χ0n) is 32.8. The molecule has 0 amide bonds. The third-order valence-electron chi connectivity index (χ3n) is 19.0. The van der Waals surface area contributed by atoms with E-state index >= 15 is 0 Å². The van der Waals surface area contributed by atoms with Gasteiger partial charge in [-0.2, -0.15) is 0 Å². The van der Waals surface area contributed by atoms with Crippen molar-refractivity contribution in [2.45, 2.75) is 217 Å². The third kappa shape index (κ3) is 7.09. The predicted octanol–water partition coefficient (Wildman–Crippen LogP) is 10.9. The molecule has 16 atom stereocenters. The fourth-order valence-electron chi connectivity index (χ4n) is 16.6. The molecule has 0 radical (unpaired) electrons. The van der Waals surface area contributed by atoms with Crippen LogP contribution in [0.4, 0.5) is 0 Å². The molecule has 2 aliphatic heterocycles. The van der Waals surface area contributed by atoms with Gasteiger partial charge >= 0.3 is 0 Å². The maximum absolute atomic E-state index is 7.66. The number of hydrogen-bond donors (Lipinski definition) is 3. The average Bonchev–Trinajstić information content (AvgIpc) is 3.60. The second-order valence-corrected chi connectivity index (χ2v) is 21.3. The van der Waals surface area contributed by atoms with E-state index in [1.807, 2.05) is 0 Å². The molecule has 3 N–H and O–H groups in total. The fraction of sp³-hybridized carbons (Fsp3) is 1.00. The van der Waals surface area contributed by atoms with Crippen molar-refractivity contribution in [3.8, 4) is 0 Å². The molecule has 8 aliphatic carbocycles. The van der Waals surface area contributed by atoms with E-state index in [0.717, 1.165) is 76.9 Å². The molecule has 2 saturated heterocycles. The minimum absolute atomic E-state index is 0.468. The second-order valence-electron chi connectivity index (χ2n) is 21.3. The Hall–Kier alpha value is -0.160. The van der Waals surface area contributed by atoms with Gasteiger partial charge in [0.2, 0.25) is 0 Å². The summed E-state index contributed by atoms with van der Waals surface area (Å²) >= 11 is 0. The molecule has 0 bridgehead atoms. The highest BCUT2D eigenvalue weighted by Gasteiger charge is 2.59. The Kier molecular flexibility index (Phi) is 10.9. The van der Waals surface area contributed by atoms with Crippen molar-refractivity contribution in [3.63, 3.8) is 0 Å². The summed E-state index contributed by atoms with van der Waals surface area (Å²) in [6.07, 6.45) is 45.8. The molecule has 0 aromatic rings. The van der Waals surface area contributed by atoms with Gasteiger partial charge in [0.15, 0.2) is 0 Å². The van der Waals surface area contributed by atoms with Crippen molar-refractivity contribution >= 4 is 0 Å². The molecule has 0 aromatic heterocycles. The number of nitrogens with one attached hydrogen (secondary N) is 3. The highest BCUT2D eigenvalue weighted by atomic mass is 16.5. The number of ether oxygens (including phenoxy) is 1. The molecule has 10 fully saturated rings. The van der Waals surface area contributed by atoms with Crippen LogP contribution in [0.1, 0.15) is 186 Å². The summed E-state index contributed by atoms with van der Waals surface area (Å²) in [5.74, 6) is 11.9. The van der Waals surface area contributed by atoms with E-state index in [-0.39, 0.29) is 0 Å². The van der Waals surface area contributed by atoms with Gasteiger partial charge in [-0.05, 0) is 148 Å². The van der Waals surface area contributed by atoms with Crippen LogP contribution < -0.4 is 16.0 Å². The highest BCUT2D eigenvalue weighted by Crippen LogP contribution is 2.60. The van der Waals surface area contributed by atoms with E-state index in [9.17, 15) is 0 Å². The van der Waals surface area contributed by atoms with Gasteiger partial charge in [-0.25, -0.2) is 0 Å². The SMILES string of the molecule is C1CCC(C2CCCC(C3CCCC4C3OC3CC(C5NC(C6CCCCC6)NC(C6CCC7CCCCC7C6)N5)C5CCCCC5C34)C2)CC1. The first-order chi connectivity index (χ1) is 25.3. The first kappa shape index (κ1) is 35.3. The molecule has 10 aliphatic rings. The Labute approximate surface area is 313 Å². The fourth-order valence-corrected chi connectivity index (χ4v) is 16.6. The lowest BCUT2D eigenvalue weighted by Crippen LogP contribution is -2.73. The van der Waals surface area contributed by atoms with Crippen molar-refractivity contribution in [1.82, 2.24) is 16.0 Å². The van der Waals surface area contributed by atoms with Crippen molar-refractivity contribution in [3.05, 3.63) is 0 Å². The van der Waals surface area contributed by atoms with Crippen LogP contribution in [0.5, 0.6) is 0 Å². The third-order valence-corrected chi connectivity index (χ3v) is 19.0. The molecular weight excluding hydrogens is 623 g/mol. The Balaban J connectivity index is 0.880. The van der Waals surface area contributed by atoms with Gasteiger partial charge in [-0.1, -0.05) is 116 Å². The van der Waals surface area contributed by atoms with Gasteiger partial charge in [-0.15, -0.1) is 0 Å². The van der Waals surface area contributed by atoms with Crippen LogP contribution >= 0.6 is 0 Å². The Morgan fingerprint density at radius 3 is 1.57 bits per heavy atom. The van der Waals surface area contributed by atoms with E-state index < -0.39 is 0 Å². The normalized spacial score (nSPS) is 51.5. The van der Waals surface area contributed by atoms with E-state index in [1.54, 1.807) is 25.7 Å². The molecule has 4 nitrogen and oxygen atoms in total. The van der Waals surface area contributed by atoms with E-state index in [1.165, 1.54) is 161 Å². The monoisotopic (exact) mass is 702 g/mol. The molecule has 0 spiro atoms. The smallest absolute Gasteiger partial charge is 0.0641 e. The van der Waals surface area contributed by atoms with Gasteiger partial charge in [0.05, 0.1) is 30.7 Å². The average molecular weight is 702 g/mol. The largest absolute Gasteiger partial charge is 0.374 e. The van der Waals surface area contributed by atoms with Crippen LogP contribution in [0.25, 0.3) is 0 Å². The van der Waals surface area contributed by atoms with E-state index in [2.05, 4.69) is 16.0 Å². The van der Waals surface area contributed by atoms with Gasteiger partial charge in [0.25, 0.3) is 0 Å². The summed E-state index contributed by atoms with van der Waals surface area (Å²) in [6.45, 7) is 0. The summed E-state index contributed by atoms with van der Waals surface area (Å²) in [7, 11) is 0. The van der Waals surface area contributed by atoms with Gasteiger partial charge in [-0.3, -0.25) is 16.0 Å². The molecule has 8 saturated carbocycles.